The van der Waals surface area contributed by atoms with Crippen LogP contribution in [0.4, 0.5) is 4.39 Å². The molecule has 1 aromatic carbocycles. The molecule has 0 heterocycles. The SMILES string of the molecule is C#CC(C)(C)NS(=O)(=O)c1cc(S(C)(=O)=O)ccc1F. The molecule has 1 rings (SSSR count). The maximum Gasteiger partial charge on any atom is 0.244 e. The summed E-state index contributed by atoms with van der Waals surface area (Å²) in [6.45, 7) is 2.84. The van der Waals surface area contributed by atoms with Gasteiger partial charge in [0.15, 0.2) is 9.84 Å². The van der Waals surface area contributed by atoms with Crippen LogP contribution in [0.25, 0.3) is 0 Å². The Bertz CT molecular complexity index is 774. The van der Waals surface area contributed by atoms with Gasteiger partial charge in [0, 0.05) is 6.26 Å². The molecule has 5 nitrogen and oxygen atoms in total. The van der Waals surface area contributed by atoms with Crippen molar-refractivity contribution in [3.05, 3.63) is 24.0 Å². The molecule has 0 aromatic heterocycles. The normalized spacial score (nSPS) is 12.9. The summed E-state index contributed by atoms with van der Waals surface area (Å²) in [5, 5.41) is 0. The van der Waals surface area contributed by atoms with Gasteiger partial charge < -0.3 is 0 Å². The van der Waals surface area contributed by atoms with Crippen LogP contribution >= 0.6 is 0 Å². The van der Waals surface area contributed by atoms with E-state index in [1.54, 1.807) is 0 Å². The Labute approximate surface area is 118 Å². The summed E-state index contributed by atoms with van der Waals surface area (Å²) < 4.78 is 62.7. The fraction of sp³-hybridized carbons (Fsp3) is 0.333. The van der Waals surface area contributed by atoms with Crippen molar-refractivity contribution in [2.45, 2.75) is 29.2 Å². The van der Waals surface area contributed by atoms with E-state index in [2.05, 4.69) is 10.6 Å². The maximum atomic E-state index is 13.7. The smallest absolute Gasteiger partial charge is 0.224 e. The number of halogens is 1. The van der Waals surface area contributed by atoms with Crippen LogP contribution < -0.4 is 4.72 Å². The highest BCUT2D eigenvalue weighted by Crippen LogP contribution is 2.20. The second-order valence-corrected chi connectivity index (χ2v) is 8.41. The molecule has 0 saturated carbocycles. The van der Waals surface area contributed by atoms with Crippen LogP contribution in [0, 0.1) is 18.2 Å². The highest BCUT2D eigenvalue weighted by molar-refractivity contribution is 7.91. The summed E-state index contributed by atoms with van der Waals surface area (Å²) in [7, 11) is -7.93. The van der Waals surface area contributed by atoms with Gasteiger partial charge in [0.2, 0.25) is 10.0 Å². The van der Waals surface area contributed by atoms with Gasteiger partial charge in [-0.25, -0.2) is 21.2 Å². The van der Waals surface area contributed by atoms with E-state index in [1.807, 2.05) is 0 Å². The minimum absolute atomic E-state index is 0.294. The molecule has 8 heteroatoms. The highest BCUT2D eigenvalue weighted by Gasteiger charge is 2.27. The van der Waals surface area contributed by atoms with Crippen LogP contribution in [0.1, 0.15) is 13.8 Å². The van der Waals surface area contributed by atoms with Crippen molar-refractivity contribution < 1.29 is 21.2 Å². The molecule has 0 unspecified atom stereocenters. The number of nitrogens with one attached hydrogen (secondary N) is 1. The first kappa shape index (κ1) is 16.6. The lowest BCUT2D eigenvalue weighted by Gasteiger charge is -2.19. The molecule has 20 heavy (non-hydrogen) atoms. The van der Waals surface area contributed by atoms with Gasteiger partial charge in [-0.1, -0.05) is 5.92 Å². The second-order valence-electron chi connectivity index (χ2n) is 4.74. The molecule has 0 spiro atoms. The van der Waals surface area contributed by atoms with Gasteiger partial charge in [-0.15, -0.1) is 6.42 Å². The topological polar surface area (TPSA) is 80.3 Å². The first-order valence-electron chi connectivity index (χ1n) is 5.40. The van der Waals surface area contributed by atoms with Crippen molar-refractivity contribution in [1.29, 1.82) is 0 Å². The van der Waals surface area contributed by atoms with Gasteiger partial charge in [0.1, 0.15) is 10.7 Å². The van der Waals surface area contributed by atoms with Gasteiger partial charge in [-0.05, 0) is 32.0 Å². The fourth-order valence-electron chi connectivity index (χ4n) is 1.34. The number of sulfonamides is 1. The minimum Gasteiger partial charge on any atom is -0.224 e. The molecule has 0 aliphatic carbocycles. The Balaban J connectivity index is 3.44. The van der Waals surface area contributed by atoms with E-state index in [0.29, 0.717) is 0 Å². The zero-order valence-corrected chi connectivity index (χ0v) is 12.8. The molecule has 0 saturated heterocycles. The average molecular weight is 319 g/mol. The molecule has 0 radical (unpaired) electrons. The molecule has 0 bridgehead atoms. The van der Waals surface area contributed by atoms with E-state index in [4.69, 9.17) is 6.42 Å². The number of terminal acetylenes is 1. The largest absolute Gasteiger partial charge is 0.244 e. The van der Waals surface area contributed by atoms with Crippen LogP contribution in [-0.2, 0) is 19.9 Å². The van der Waals surface area contributed by atoms with E-state index in [-0.39, 0.29) is 4.90 Å². The molecular weight excluding hydrogens is 305 g/mol. The summed E-state index contributed by atoms with van der Waals surface area (Å²) in [6.07, 6.45) is 6.06. The van der Waals surface area contributed by atoms with Crippen molar-refractivity contribution in [2.75, 3.05) is 6.26 Å². The number of hydrogen-bond acceptors (Lipinski definition) is 4. The third-order valence-corrected chi connectivity index (χ3v) is 5.15. The van der Waals surface area contributed by atoms with Crippen molar-refractivity contribution in [3.8, 4) is 12.3 Å². The molecule has 1 N–H and O–H groups in total. The third-order valence-electron chi connectivity index (χ3n) is 2.37. The second kappa shape index (κ2) is 5.16. The van der Waals surface area contributed by atoms with Crippen LogP contribution in [0.3, 0.4) is 0 Å². The molecule has 0 amide bonds. The Morgan fingerprint density at radius 2 is 1.80 bits per heavy atom. The lowest BCUT2D eigenvalue weighted by atomic mass is 10.1. The van der Waals surface area contributed by atoms with E-state index in [9.17, 15) is 21.2 Å². The van der Waals surface area contributed by atoms with Crippen LogP contribution in [0.5, 0.6) is 0 Å². The summed E-state index contributed by atoms with van der Waals surface area (Å²) in [4.78, 5) is -1.05. The molecule has 0 aliphatic heterocycles. The molecule has 110 valence electrons. The zero-order chi connectivity index (χ0) is 15.8. The van der Waals surface area contributed by atoms with Crippen molar-refractivity contribution in [1.82, 2.24) is 4.72 Å². The van der Waals surface area contributed by atoms with Gasteiger partial charge >= 0.3 is 0 Å². The summed E-state index contributed by atoms with van der Waals surface area (Å²) in [6, 6.07) is 2.55. The van der Waals surface area contributed by atoms with E-state index < -0.39 is 36.1 Å². The van der Waals surface area contributed by atoms with Crippen LogP contribution in [0.2, 0.25) is 0 Å². The lowest BCUT2D eigenvalue weighted by molar-refractivity contribution is 0.525. The third kappa shape index (κ3) is 3.79. The van der Waals surface area contributed by atoms with Crippen molar-refractivity contribution in [2.24, 2.45) is 0 Å². The maximum absolute atomic E-state index is 13.7. The Kier molecular flexibility index (Phi) is 4.29. The molecule has 0 atom stereocenters. The lowest BCUT2D eigenvalue weighted by Crippen LogP contribution is -2.42. The summed E-state index contributed by atoms with van der Waals surface area (Å²) in [5.41, 5.74) is -1.23. The predicted molar refractivity (Wildman–Crippen MR) is 72.7 cm³/mol. The van der Waals surface area contributed by atoms with E-state index >= 15 is 0 Å². The summed E-state index contributed by atoms with van der Waals surface area (Å²) >= 11 is 0. The number of benzene rings is 1. The number of hydrogen-bond donors (Lipinski definition) is 1. The highest BCUT2D eigenvalue weighted by atomic mass is 32.2. The van der Waals surface area contributed by atoms with Crippen molar-refractivity contribution >= 4 is 19.9 Å². The Morgan fingerprint density at radius 3 is 2.25 bits per heavy atom. The first-order chi connectivity index (χ1) is 8.89. The Hall–Kier alpha value is -1.43. The van der Waals surface area contributed by atoms with Gasteiger partial charge in [-0.2, -0.15) is 4.72 Å². The number of rotatable bonds is 4. The average Bonchev–Trinajstić information content (AvgIpc) is 2.26. The van der Waals surface area contributed by atoms with Crippen LogP contribution in [0.15, 0.2) is 28.0 Å². The zero-order valence-electron chi connectivity index (χ0n) is 11.1. The standard InChI is InChI=1S/C12H14FNO4S2/c1-5-12(2,3)14-20(17,18)11-8-9(19(4,15)16)6-7-10(11)13/h1,6-8,14H,2-4H3. The molecular formula is C12H14FNO4S2. The quantitative estimate of drug-likeness (QED) is 0.661. The monoisotopic (exact) mass is 319 g/mol. The number of sulfone groups is 1. The fourth-order valence-corrected chi connectivity index (χ4v) is 3.51. The first-order valence-corrected chi connectivity index (χ1v) is 8.78. The summed E-state index contributed by atoms with van der Waals surface area (Å²) in [5.74, 6) is 1.14. The molecule has 0 aliphatic rings. The van der Waals surface area contributed by atoms with Gasteiger partial charge in [-0.3, -0.25) is 0 Å². The van der Waals surface area contributed by atoms with E-state index in [0.717, 1.165) is 24.5 Å². The Morgan fingerprint density at radius 1 is 1.25 bits per heavy atom. The van der Waals surface area contributed by atoms with Gasteiger partial charge in [0.25, 0.3) is 0 Å². The minimum atomic E-state index is -4.28. The van der Waals surface area contributed by atoms with Crippen LogP contribution in [-0.4, -0.2) is 28.6 Å². The predicted octanol–water partition coefficient (Wildman–Crippen LogP) is 0.919. The van der Waals surface area contributed by atoms with E-state index in [1.165, 1.54) is 13.8 Å². The molecule has 0 fully saturated rings. The molecule has 1 aromatic rings. The van der Waals surface area contributed by atoms with Gasteiger partial charge in [0.05, 0.1) is 10.4 Å². The van der Waals surface area contributed by atoms with Crippen molar-refractivity contribution in [3.63, 3.8) is 0 Å².